The predicted octanol–water partition coefficient (Wildman–Crippen LogP) is 4.94. The molecule has 0 aliphatic rings. The Hall–Kier alpha value is -3.84. The number of hydrogen-bond acceptors (Lipinski definition) is 5. The molecule has 34 heavy (non-hydrogen) atoms. The molecule has 0 N–H and O–H groups in total. The van der Waals surface area contributed by atoms with Gasteiger partial charge in [-0.25, -0.2) is 9.67 Å². The summed E-state index contributed by atoms with van der Waals surface area (Å²) in [6, 6.07) is 21.4. The molecule has 1 amide bonds. The zero-order chi connectivity index (χ0) is 23.8. The molecule has 0 bridgehead atoms. The van der Waals surface area contributed by atoms with Crippen molar-refractivity contribution in [2.45, 2.75) is 26.8 Å². The standard InChI is InChI=1S/C27H24N4O2S/c1-17-13-18(2)25-23(14-17)34-27(28-25)31(16-19-9-5-4-6-10-19)24(32)15-22-20-11-7-8-12-21(20)26(33)30(3)29-22/h4-14H,15-16H2,1-3H3. The van der Waals surface area contributed by atoms with Crippen LogP contribution in [0.25, 0.3) is 21.0 Å². The van der Waals surface area contributed by atoms with Gasteiger partial charge in [0.05, 0.1) is 34.3 Å². The lowest BCUT2D eigenvalue weighted by molar-refractivity contribution is -0.118. The number of amides is 1. The second-order valence-electron chi connectivity index (χ2n) is 8.49. The summed E-state index contributed by atoms with van der Waals surface area (Å²) in [5.74, 6) is -0.117. The Morgan fingerprint density at radius 2 is 1.71 bits per heavy atom. The van der Waals surface area contributed by atoms with Crippen LogP contribution in [0.15, 0.2) is 71.5 Å². The van der Waals surface area contributed by atoms with Crippen LogP contribution in [-0.4, -0.2) is 20.7 Å². The molecule has 0 unspecified atom stereocenters. The number of thiazole rings is 1. The van der Waals surface area contributed by atoms with Crippen molar-refractivity contribution in [2.75, 3.05) is 4.90 Å². The number of carbonyl (C=O) groups excluding carboxylic acids is 1. The maximum Gasteiger partial charge on any atom is 0.274 e. The summed E-state index contributed by atoms with van der Waals surface area (Å²) in [6.07, 6.45) is 0.0649. The van der Waals surface area contributed by atoms with Gasteiger partial charge in [0.15, 0.2) is 5.13 Å². The fourth-order valence-corrected chi connectivity index (χ4v) is 5.41. The molecule has 3 aromatic carbocycles. The third-order valence-electron chi connectivity index (χ3n) is 5.89. The van der Waals surface area contributed by atoms with E-state index in [1.165, 1.54) is 21.6 Å². The molecule has 2 aromatic heterocycles. The molecule has 7 heteroatoms. The summed E-state index contributed by atoms with van der Waals surface area (Å²) in [5, 5.41) is 6.35. The van der Waals surface area contributed by atoms with Crippen molar-refractivity contribution in [3.8, 4) is 0 Å². The van der Waals surface area contributed by atoms with Crippen molar-refractivity contribution in [2.24, 2.45) is 7.05 Å². The lowest BCUT2D eigenvalue weighted by atomic mass is 10.1. The van der Waals surface area contributed by atoms with E-state index in [1.54, 1.807) is 18.0 Å². The average Bonchev–Trinajstić information content (AvgIpc) is 3.25. The summed E-state index contributed by atoms with van der Waals surface area (Å²) in [5.41, 5.74) is 4.60. The van der Waals surface area contributed by atoms with Crippen molar-refractivity contribution in [1.82, 2.24) is 14.8 Å². The number of rotatable bonds is 5. The molecule has 0 saturated carbocycles. The van der Waals surface area contributed by atoms with Crippen LogP contribution in [0, 0.1) is 13.8 Å². The Bertz CT molecular complexity index is 1590. The Morgan fingerprint density at radius 3 is 2.47 bits per heavy atom. The highest BCUT2D eigenvalue weighted by molar-refractivity contribution is 7.22. The van der Waals surface area contributed by atoms with Crippen molar-refractivity contribution in [3.63, 3.8) is 0 Å². The molecule has 5 rings (SSSR count). The van der Waals surface area contributed by atoms with E-state index in [2.05, 4.69) is 24.2 Å². The molecule has 0 spiro atoms. The maximum atomic E-state index is 13.8. The predicted molar refractivity (Wildman–Crippen MR) is 137 cm³/mol. The summed E-state index contributed by atoms with van der Waals surface area (Å²) in [7, 11) is 1.61. The van der Waals surface area contributed by atoms with Gasteiger partial charge < -0.3 is 0 Å². The van der Waals surface area contributed by atoms with Crippen LogP contribution >= 0.6 is 11.3 Å². The van der Waals surface area contributed by atoms with Crippen LogP contribution < -0.4 is 10.5 Å². The highest BCUT2D eigenvalue weighted by Gasteiger charge is 2.23. The Balaban J connectivity index is 1.58. The molecule has 5 aromatic rings. The second-order valence-corrected chi connectivity index (χ2v) is 9.50. The third kappa shape index (κ3) is 4.10. The maximum absolute atomic E-state index is 13.8. The Morgan fingerprint density at radius 1 is 1.00 bits per heavy atom. The topological polar surface area (TPSA) is 68.1 Å². The summed E-state index contributed by atoms with van der Waals surface area (Å²) >= 11 is 1.52. The smallest absolute Gasteiger partial charge is 0.274 e. The van der Waals surface area contributed by atoms with Crippen LogP contribution in [0.5, 0.6) is 0 Å². The van der Waals surface area contributed by atoms with Crippen LogP contribution in [0.1, 0.15) is 22.4 Å². The number of fused-ring (bicyclic) bond motifs is 2. The van der Waals surface area contributed by atoms with E-state index in [-0.39, 0.29) is 17.9 Å². The molecule has 170 valence electrons. The summed E-state index contributed by atoms with van der Waals surface area (Å²) in [4.78, 5) is 32.9. The van der Waals surface area contributed by atoms with Crippen LogP contribution in [0.3, 0.4) is 0 Å². The molecule has 0 fully saturated rings. The first-order chi connectivity index (χ1) is 16.4. The highest BCUT2D eigenvalue weighted by Crippen LogP contribution is 2.33. The lowest BCUT2D eigenvalue weighted by Gasteiger charge is -2.20. The van der Waals surface area contributed by atoms with E-state index in [0.717, 1.165) is 21.3 Å². The molecular formula is C27H24N4O2S. The van der Waals surface area contributed by atoms with Gasteiger partial charge >= 0.3 is 0 Å². The first kappa shape index (κ1) is 22.0. The van der Waals surface area contributed by atoms with Crippen LogP contribution in [-0.2, 0) is 24.8 Å². The molecule has 0 atom stereocenters. The number of benzene rings is 3. The number of carbonyl (C=O) groups is 1. The first-order valence-electron chi connectivity index (χ1n) is 11.1. The molecule has 2 heterocycles. The van der Waals surface area contributed by atoms with E-state index >= 15 is 0 Å². The van der Waals surface area contributed by atoms with E-state index in [1.807, 2.05) is 55.5 Å². The summed E-state index contributed by atoms with van der Waals surface area (Å²) in [6.45, 7) is 4.51. The van der Waals surface area contributed by atoms with Gasteiger partial charge in [0, 0.05) is 12.4 Å². The molecular weight excluding hydrogens is 444 g/mol. The van der Waals surface area contributed by atoms with Crippen molar-refractivity contribution < 1.29 is 4.79 Å². The Labute approximate surface area is 201 Å². The molecule has 0 aliphatic carbocycles. The normalized spacial score (nSPS) is 11.3. The number of hydrogen-bond donors (Lipinski definition) is 0. The van der Waals surface area contributed by atoms with Crippen LogP contribution in [0.2, 0.25) is 0 Å². The van der Waals surface area contributed by atoms with Crippen molar-refractivity contribution in [3.05, 3.63) is 99.5 Å². The van der Waals surface area contributed by atoms with Crippen molar-refractivity contribution >= 4 is 43.4 Å². The molecule has 0 radical (unpaired) electrons. The minimum Gasteiger partial charge on any atom is -0.283 e. The fraction of sp³-hybridized carbons (Fsp3) is 0.185. The Kier molecular flexibility index (Phi) is 5.71. The van der Waals surface area contributed by atoms with Crippen LogP contribution in [0.4, 0.5) is 5.13 Å². The lowest BCUT2D eigenvalue weighted by Crippen LogP contribution is -2.33. The zero-order valence-electron chi connectivity index (χ0n) is 19.3. The average molecular weight is 469 g/mol. The molecule has 0 aliphatic heterocycles. The SMILES string of the molecule is Cc1cc(C)c2nc(N(Cc3ccccc3)C(=O)Cc3nn(C)c(=O)c4ccccc34)sc2c1. The highest BCUT2D eigenvalue weighted by atomic mass is 32.1. The van der Waals surface area contributed by atoms with Gasteiger partial charge in [0.25, 0.3) is 5.56 Å². The molecule has 0 saturated heterocycles. The van der Waals surface area contributed by atoms with Gasteiger partial charge in [-0.2, -0.15) is 5.10 Å². The zero-order valence-corrected chi connectivity index (χ0v) is 20.1. The summed E-state index contributed by atoms with van der Waals surface area (Å²) < 4.78 is 2.36. The first-order valence-corrected chi connectivity index (χ1v) is 11.9. The number of nitrogens with zero attached hydrogens (tertiary/aromatic N) is 4. The molecule has 6 nitrogen and oxygen atoms in total. The quantitative estimate of drug-likeness (QED) is 0.367. The minimum atomic E-state index is -0.176. The van der Waals surface area contributed by atoms with Gasteiger partial charge in [-0.05, 0) is 42.7 Å². The van der Waals surface area contributed by atoms with E-state index in [4.69, 9.17) is 4.98 Å². The number of aryl methyl sites for hydroxylation is 3. The monoisotopic (exact) mass is 468 g/mol. The number of aromatic nitrogens is 3. The van der Waals surface area contributed by atoms with E-state index < -0.39 is 0 Å². The van der Waals surface area contributed by atoms with Gasteiger partial charge in [-0.3, -0.25) is 14.5 Å². The third-order valence-corrected chi connectivity index (χ3v) is 6.91. The van der Waals surface area contributed by atoms with Gasteiger partial charge in [0.2, 0.25) is 5.91 Å². The van der Waals surface area contributed by atoms with E-state index in [9.17, 15) is 9.59 Å². The minimum absolute atomic E-state index is 0.0649. The fourth-order valence-electron chi connectivity index (χ4n) is 4.25. The van der Waals surface area contributed by atoms with Crippen molar-refractivity contribution in [1.29, 1.82) is 0 Å². The van der Waals surface area contributed by atoms with Gasteiger partial charge in [-0.1, -0.05) is 65.9 Å². The van der Waals surface area contributed by atoms with E-state index in [0.29, 0.717) is 28.1 Å². The van der Waals surface area contributed by atoms with Gasteiger partial charge in [0.1, 0.15) is 0 Å². The second kappa shape index (κ2) is 8.83. The largest absolute Gasteiger partial charge is 0.283 e. The number of anilines is 1. The van der Waals surface area contributed by atoms with Gasteiger partial charge in [-0.15, -0.1) is 0 Å².